The molecule has 1 aliphatic heterocycles. The number of rotatable bonds is 6. The summed E-state index contributed by atoms with van der Waals surface area (Å²) in [6, 6.07) is 9.65. The molecule has 2 heterocycles. The van der Waals surface area contributed by atoms with Crippen LogP contribution in [0.4, 0.5) is 4.39 Å². The average molecular weight is 362 g/mol. The zero-order chi connectivity index (χ0) is 17.6. The molecule has 1 amide bonds. The minimum Gasteiger partial charge on any atom is -0.453 e. The standard InChI is InChI=1S/C17H15FN2O4S/c18-12-4-1-3-11(7-12)14-8-15(24-20-14)17(22)23-10-16(21)19-9-13-5-2-6-25-13/h1-7,15H,8-10H2,(H,19,21). The Bertz CT molecular complexity index is 792. The predicted octanol–water partition coefficient (Wildman–Crippen LogP) is 2.24. The number of thiophene rings is 1. The van der Waals surface area contributed by atoms with Gasteiger partial charge in [0.2, 0.25) is 6.10 Å². The van der Waals surface area contributed by atoms with E-state index in [0.717, 1.165) is 4.88 Å². The first-order valence-electron chi connectivity index (χ1n) is 7.56. The molecule has 0 saturated heterocycles. The molecule has 0 aliphatic carbocycles. The monoisotopic (exact) mass is 362 g/mol. The molecule has 0 spiro atoms. The summed E-state index contributed by atoms with van der Waals surface area (Å²) >= 11 is 1.52. The summed E-state index contributed by atoms with van der Waals surface area (Å²) in [7, 11) is 0. The Balaban J connectivity index is 1.43. The minimum absolute atomic E-state index is 0.166. The Kier molecular flexibility index (Phi) is 5.39. The predicted molar refractivity (Wildman–Crippen MR) is 89.6 cm³/mol. The number of oxime groups is 1. The molecule has 1 aromatic carbocycles. The lowest BCUT2D eigenvalue weighted by Crippen LogP contribution is -2.31. The first-order valence-corrected chi connectivity index (χ1v) is 8.44. The molecule has 1 aromatic heterocycles. The number of hydrogen-bond donors (Lipinski definition) is 1. The molecule has 6 nitrogen and oxygen atoms in total. The van der Waals surface area contributed by atoms with E-state index in [0.29, 0.717) is 17.8 Å². The maximum atomic E-state index is 13.2. The number of carbonyl (C=O) groups is 2. The van der Waals surface area contributed by atoms with Gasteiger partial charge in [-0.1, -0.05) is 23.4 Å². The number of esters is 1. The van der Waals surface area contributed by atoms with Crippen LogP contribution in [0.5, 0.6) is 0 Å². The van der Waals surface area contributed by atoms with Gasteiger partial charge in [-0.3, -0.25) is 4.79 Å². The molecular formula is C17H15FN2O4S. The van der Waals surface area contributed by atoms with Crippen molar-refractivity contribution in [3.63, 3.8) is 0 Å². The second kappa shape index (κ2) is 7.89. The number of nitrogens with zero attached hydrogens (tertiary/aromatic N) is 1. The van der Waals surface area contributed by atoms with Crippen molar-refractivity contribution in [2.75, 3.05) is 6.61 Å². The van der Waals surface area contributed by atoms with E-state index in [1.165, 1.54) is 23.5 Å². The van der Waals surface area contributed by atoms with Crippen LogP contribution in [-0.4, -0.2) is 30.3 Å². The minimum atomic E-state index is -0.927. The van der Waals surface area contributed by atoms with Gasteiger partial charge in [0.1, 0.15) is 5.82 Å². The number of halogens is 1. The SMILES string of the molecule is O=C(COC(=O)C1CC(c2cccc(F)c2)=NO1)NCc1cccs1. The van der Waals surface area contributed by atoms with E-state index in [4.69, 9.17) is 9.57 Å². The second-order valence-electron chi connectivity index (χ2n) is 5.31. The zero-order valence-corrected chi connectivity index (χ0v) is 13.9. The highest BCUT2D eigenvalue weighted by molar-refractivity contribution is 7.09. The van der Waals surface area contributed by atoms with Gasteiger partial charge < -0.3 is 14.9 Å². The lowest BCUT2D eigenvalue weighted by molar-refractivity contribution is -0.158. The van der Waals surface area contributed by atoms with E-state index in [-0.39, 0.29) is 13.0 Å². The lowest BCUT2D eigenvalue weighted by Gasteiger charge is -2.09. The highest BCUT2D eigenvalue weighted by Crippen LogP contribution is 2.18. The quantitative estimate of drug-likeness (QED) is 0.800. The maximum absolute atomic E-state index is 13.2. The largest absolute Gasteiger partial charge is 0.453 e. The fraction of sp³-hybridized carbons (Fsp3) is 0.235. The van der Waals surface area contributed by atoms with E-state index in [9.17, 15) is 14.0 Å². The van der Waals surface area contributed by atoms with Crippen LogP contribution in [0.15, 0.2) is 46.9 Å². The topological polar surface area (TPSA) is 77.0 Å². The van der Waals surface area contributed by atoms with Crippen LogP contribution in [0.25, 0.3) is 0 Å². The summed E-state index contributed by atoms with van der Waals surface area (Å²) in [5, 5.41) is 8.36. The summed E-state index contributed by atoms with van der Waals surface area (Å²) in [6.07, 6.45) is -0.762. The van der Waals surface area contributed by atoms with Crippen molar-refractivity contribution in [2.24, 2.45) is 5.16 Å². The molecule has 0 fully saturated rings. The molecule has 25 heavy (non-hydrogen) atoms. The highest BCUT2D eigenvalue weighted by atomic mass is 32.1. The zero-order valence-electron chi connectivity index (χ0n) is 13.1. The highest BCUT2D eigenvalue weighted by Gasteiger charge is 2.30. The number of benzene rings is 1. The van der Waals surface area contributed by atoms with Crippen LogP contribution in [0.1, 0.15) is 16.9 Å². The van der Waals surface area contributed by atoms with Crippen molar-refractivity contribution in [3.05, 3.63) is 58.0 Å². The molecule has 3 rings (SSSR count). The van der Waals surface area contributed by atoms with Gasteiger partial charge in [0, 0.05) is 16.9 Å². The maximum Gasteiger partial charge on any atom is 0.351 e. The lowest BCUT2D eigenvalue weighted by atomic mass is 10.1. The normalized spacial score (nSPS) is 16.0. The number of carbonyl (C=O) groups excluding carboxylic acids is 2. The summed E-state index contributed by atoms with van der Waals surface area (Å²) in [6.45, 7) is 0.000175. The van der Waals surface area contributed by atoms with Crippen molar-refractivity contribution in [2.45, 2.75) is 19.1 Å². The van der Waals surface area contributed by atoms with Gasteiger partial charge in [-0.15, -0.1) is 11.3 Å². The summed E-state index contributed by atoms with van der Waals surface area (Å²) in [5.41, 5.74) is 1.01. The molecular weight excluding hydrogens is 347 g/mol. The molecule has 2 aromatic rings. The van der Waals surface area contributed by atoms with Crippen molar-refractivity contribution in [1.29, 1.82) is 0 Å². The van der Waals surface area contributed by atoms with Crippen LogP contribution in [-0.2, 0) is 25.7 Å². The number of nitrogens with one attached hydrogen (secondary N) is 1. The van der Waals surface area contributed by atoms with Gasteiger partial charge in [0.05, 0.1) is 12.3 Å². The first kappa shape index (κ1) is 17.1. The van der Waals surface area contributed by atoms with E-state index in [1.807, 2.05) is 17.5 Å². The third-order valence-electron chi connectivity index (χ3n) is 3.48. The van der Waals surface area contributed by atoms with E-state index < -0.39 is 23.8 Å². The molecule has 0 radical (unpaired) electrons. The molecule has 130 valence electrons. The van der Waals surface area contributed by atoms with Gasteiger partial charge >= 0.3 is 5.97 Å². The van der Waals surface area contributed by atoms with Crippen LogP contribution in [0, 0.1) is 5.82 Å². The Morgan fingerprint density at radius 1 is 1.36 bits per heavy atom. The van der Waals surface area contributed by atoms with Crippen molar-refractivity contribution in [1.82, 2.24) is 5.32 Å². The van der Waals surface area contributed by atoms with Crippen molar-refractivity contribution in [3.8, 4) is 0 Å². The second-order valence-corrected chi connectivity index (χ2v) is 6.34. The summed E-state index contributed by atoms with van der Waals surface area (Å²) in [5.74, 6) is -1.47. The van der Waals surface area contributed by atoms with Crippen molar-refractivity contribution >= 4 is 28.9 Å². The Morgan fingerprint density at radius 2 is 2.24 bits per heavy atom. The van der Waals surface area contributed by atoms with Gasteiger partial charge in [0.25, 0.3) is 5.91 Å². The van der Waals surface area contributed by atoms with E-state index in [1.54, 1.807) is 12.1 Å². The average Bonchev–Trinajstić information content (AvgIpc) is 3.29. The molecule has 0 bridgehead atoms. The molecule has 1 atom stereocenters. The smallest absolute Gasteiger partial charge is 0.351 e. The third-order valence-corrected chi connectivity index (χ3v) is 4.35. The summed E-state index contributed by atoms with van der Waals surface area (Å²) < 4.78 is 18.2. The fourth-order valence-corrected chi connectivity index (χ4v) is 2.87. The number of ether oxygens (including phenoxy) is 1. The molecule has 1 aliphatic rings. The Hall–Kier alpha value is -2.74. The molecule has 1 unspecified atom stereocenters. The van der Waals surface area contributed by atoms with Gasteiger partial charge in [-0.2, -0.15) is 0 Å². The van der Waals surface area contributed by atoms with Crippen LogP contribution < -0.4 is 5.32 Å². The first-order chi connectivity index (χ1) is 12.1. The molecule has 1 N–H and O–H groups in total. The summed E-state index contributed by atoms with van der Waals surface area (Å²) in [4.78, 5) is 29.7. The van der Waals surface area contributed by atoms with E-state index in [2.05, 4.69) is 10.5 Å². The Morgan fingerprint density at radius 3 is 3.00 bits per heavy atom. The molecule has 0 saturated carbocycles. The number of hydrogen-bond acceptors (Lipinski definition) is 6. The van der Waals surface area contributed by atoms with Gasteiger partial charge in [-0.25, -0.2) is 9.18 Å². The van der Waals surface area contributed by atoms with E-state index >= 15 is 0 Å². The fourth-order valence-electron chi connectivity index (χ4n) is 2.22. The van der Waals surface area contributed by atoms with Crippen molar-refractivity contribution < 1.29 is 23.6 Å². The third kappa shape index (κ3) is 4.63. The van der Waals surface area contributed by atoms with Crippen LogP contribution in [0.3, 0.4) is 0 Å². The van der Waals surface area contributed by atoms with Crippen LogP contribution >= 0.6 is 11.3 Å². The van der Waals surface area contributed by atoms with Crippen LogP contribution in [0.2, 0.25) is 0 Å². The number of amides is 1. The molecule has 8 heteroatoms. The Labute approximate surface area is 147 Å². The van der Waals surface area contributed by atoms with Gasteiger partial charge in [0.15, 0.2) is 6.61 Å². The van der Waals surface area contributed by atoms with Gasteiger partial charge in [-0.05, 0) is 23.6 Å².